The van der Waals surface area contributed by atoms with Gasteiger partial charge in [-0.2, -0.15) is 5.10 Å². The summed E-state index contributed by atoms with van der Waals surface area (Å²) in [6, 6.07) is 6.75. The molecule has 9 nitrogen and oxygen atoms in total. The van der Waals surface area contributed by atoms with Crippen LogP contribution in [0, 0.1) is 0 Å². The number of ether oxygens (including phenoxy) is 2. The van der Waals surface area contributed by atoms with Crippen molar-refractivity contribution >= 4 is 17.6 Å². The van der Waals surface area contributed by atoms with Gasteiger partial charge in [0.15, 0.2) is 11.5 Å². The Labute approximate surface area is 162 Å². The number of rotatable bonds is 5. The molecule has 1 fully saturated rings. The minimum atomic E-state index is -0.311. The summed E-state index contributed by atoms with van der Waals surface area (Å²) in [5, 5.41) is 7.32. The second-order valence-corrected chi connectivity index (χ2v) is 7.03. The Morgan fingerprint density at radius 1 is 1.21 bits per heavy atom. The van der Waals surface area contributed by atoms with Gasteiger partial charge in [-0.3, -0.25) is 14.5 Å². The van der Waals surface area contributed by atoms with Crippen molar-refractivity contribution in [3.8, 4) is 11.5 Å². The van der Waals surface area contributed by atoms with Crippen LogP contribution in [0.25, 0.3) is 0 Å². The van der Waals surface area contributed by atoms with Crippen molar-refractivity contribution < 1.29 is 19.1 Å². The van der Waals surface area contributed by atoms with Crippen LogP contribution in [0.15, 0.2) is 30.5 Å². The van der Waals surface area contributed by atoms with E-state index >= 15 is 0 Å². The number of carbonyl (C=O) groups excluding carboxylic acids is 2. The molecule has 1 atom stereocenters. The molecular formula is C19H23N5O4. The van der Waals surface area contributed by atoms with Crippen LogP contribution >= 0.6 is 0 Å². The molecule has 148 valence electrons. The summed E-state index contributed by atoms with van der Waals surface area (Å²) in [5.74, 6) is 1.30. The average molecular weight is 385 g/mol. The monoisotopic (exact) mass is 385 g/mol. The fourth-order valence-corrected chi connectivity index (χ4v) is 3.63. The molecule has 0 unspecified atom stereocenters. The van der Waals surface area contributed by atoms with Crippen LogP contribution in [0.5, 0.6) is 11.5 Å². The van der Waals surface area contributed by atoms with Gasteiger partial charge in [0.25, 0.3) is 5.91 Å². The molecule has 0 aliphatic carbocycles. The molecule has 1 aromatic carbocycles. The number of hydrogen-bond donors (Lipinski definition) is 2. The first-order valence-electron chi connectivity index (χ1n) is 9.31. The smallest absolute Gasteiger partial charge is 0.256 e. The SMILES string of the molecule is C[C@H](C(N)=O)N1CCC(n2nccc2NC(=O)c2ccc3c(c2)OCO3)CC1. The molecule has 4 rings (SSSR count). The third kappa shape index (κ3) is 3.53. The highest BCUT2D eigenvalue weighted by molar-refractivity contribution is 6.04. The van der Waals surface area contributed by atoms with Crippen molar-refractivity contribution in [2.45, 2.75) is 31.8 Å². The van der Waals surface area contributed by atoms with Crippen LogP contribution in [0.4, 0.5) is 5.82 Å². The lowest BCUT2D eigenvalue weighted by atomic mass is 10.0. The van der Waals surface area contributed by atoms with Crippen molar-refractivity contribution in [2.24, 2.45) is 5.73 Å². The van der Waals surface area contributed by atoms with Crippen LogP contribution in [0.2, 0.25) is 0 Å². The van der Waals surface area contributed by atoms with E-state index in [0.29, 0.717) is 22.9 Å². The summed E-state index contributed by atoms with van der Waals surface area (Å²) >= 11 is 0. The number of aromatic nitrogens is 2. The normalized spacial score (nSPS) is 18.0. The zero-order valence-electron chi connectivity index (χ0n) is 15.6. The van der Waals surface area contributed by atoms with Crippen molar-refractivity contribution in [3.05, 3.63) is 36.0 Å². The molecule has 2 aliphatic rings. The molecule has 1 aromatic heterocycles. The lowest BCUT2D eigenvalue weighted by molar-refractivity contribution is -0.123. The minimum absolute atomic E-state index is 0.151. The highest BCUT2D eigenvalue weighted by Crippen LogP contribution is 2.33. The van der Waals surface area contributed by atoms with Crippen LogP contribution < -0.4 is 20.5 Å². The van der Waals surface area contributed by atoms with Crippen LogP contribution in [0.1, 0.15) is 36.2 Å². The molecule has 3 N–H and O–H groups in total. The number of anilines is 1. The number of amides is 2. The Morgan fingerprint density at radius 2 is 1.96 bits per heavy atom. The van der Waals surface area contributed by atoms with Gasteiger partial charge in [-0.25, -0.2) is 4.68 Å². The van der Waals surface area contributed by atoms with Gasteiger partial charge in [0, 0.05) is 24.7 Å². The van der Waals surface area contributed by atoms with E-state index in [1.54, 1.807) is 30.5 Å². The van der Waals surface area contributed by atoms with Gasteiger partial charge in [0.2, 0.25) is 12.7 Å². The van der Waals surface area contributed by atoms with Gasteiger partial charge in [0.05, 0.1) is 18.3 Å². The number of primary amides is 1. The first kappa shape index (κ1) is 18.3. The minimum Gasteiger partial charge on any atom is -0.454 e. The van der Waals surface area contributed by atoms with E-state index in [4.69, 9.17) is 15.2 Å². The summed E-state index contributed by atoms with van der Waals surface area (Å²) in [6.07, 6.45) is 3.33. The number of benzene rings is 1. The maximum atomic E-state index is 12.7. The standard InChI is InChI=1S/C19H23N5O4/c1-12(18(20)25)23-8-5-14(6-9-23)24-17(4-7-21-24)22-19(26)13-2-3-15-16(10-13)28-11-27-15/h2-4,7,10,12,14H,5-6,8-9,11H2,1H3,(H2,20,25)(H,22,26)/t12-/m1/s1. The molecule has 3 heterocycles. The topological polar surface area (TPSA) is 112 Å². The Balaban J connectivity index is 1.42. The fraction of sp³-hybridized carbons (Fsp3) is 0.421. The molecule has 0 bridgehead atoms. The third-order valence-electron chi connectivity index (χ3n) is 5.35. The van der Waals surface area contributed by atoms with E-state index in [1.165, 1.54) is 0 Å². The molecule has 2 aromatic rings. The van der Waals surface area contributed by atoms with Crippen LogP contribution in [-0.4, -0.2) is 52.4 Å². The predicted octanol–water partition coefficient (Wildman–Crippen LogP) is 1.37. The maximum Gasteiger partial charge on any atom is 0.256 e. The van der Waals surface area contributed by atoms with Gasteiger partial charge in [0.1, 0.15) is 5.82 Å². The zero-order chi connectivity index (χ0) is 19.7. The Bertz CT molecular complexity index is 888. The second kappa shape index (κ2) is 7.51. The number of nitrogens with one attached hydrogen (secondary N) is 1. The number of piperidine rings is 1. The van der Waals surface area contributed by atoms with Gasteiger partial charge in [-0.15, -0.1) is 0 Å². The molecular weight excluding hydrogens is 362 g/mol. The lowest BCUT2D eigenvalue weighted by Crippen LogP contribution is -2.46. The summed E-state index contributed by atoms with van der Waals surface area (Å²) in [5.41, 5.74) is 5.89. The number of nitrogens with zero attached hydrogens (tertiary/aromatic N) is 3. The second-order valence-electron chi connectivity index (χ2n) is 7.03. The first-order chi connectivity index (χ1) is 13.5. The van der Waals surface area contributed by atoms with Gasteiger partial charge >= 0.3 is 0 Å². The number of fused-ring (bicyclic) bond motifs is 1. The maximum absolute atomic E-state index is 12.7. The molecule has 0 saturated carbocycles. The highest BCUT2D eigenvalue weighted by Gasteiger charge is 2.27. The molecule has 0 spiro atoms. The van der Waals surface area contributed by atoms with E-state index in [0.717, 1.165) is 25.9 Å². The first-order valence-corrected chi connectivity index (χ1v) is 9.31. The quantitative estimate of drug-likeness (QED) is 0.804. The van der Waals surface area contributed by atoms with Crippen molar-refractivity contribution in [2.75, 3.05) is 25.2 Å². The summed E-state index contributed by atoms with van der Waals surface area (Å²) in [6.45, 7) is 3.50. The number of nitrogens with two attached hydrogens (primary N) is 1. The Kier molecular flexibility index (Phi) is 4.91. The molecule has 1 saturated heterocycles. The van der Waals surface area contributed by atoms with Gasteiger partial charge in [-0.05, 0) is 38.0 Å². The molecule has 9 heteroatoms. The number of hydrogen-bond acceptors (Lipinski definition) is 6. The molecule has 2 aliphatic heterocycles. The number of carbonyl (C=O) groups is 2. The van der Waals surface area contributed by atoms with E-state index < -0.39 is 0 Å². The van der Waals surface area contributed by atoms with E-state index in [-0.39, 0.29) is 30.7 Å². The van der Waals surface area contributed by atoms with E-state index in [1.807, 2.05) is 11.6 Å². The van der Waals surface area contributed by atoms with Crippen molar-refractivity contribution in [1.82, 2.24) is 14.7 Å². The summed E-state index contributed by atoms with van der Waals surface area (Å²) in [7, 11) is 0. The lowest BCUT2D eigenvalue weighted by Gasteiger charge is -2.35. The van der Waals surface area contributed by atoms with Gasteiger partial charge in [-0.1, -0.05) is 0 Å². The third-order valence-corrected chi connectivity index (χ3v) is 5.35. The molecule has 2 amide bonds. The number of likely N-dealkylation sites (tertiary alicyclic amines) is 1. The fourth-order valence-electron chi connectivity index (χ4n) is 3.63. The van der Waals surface area contributed by atoms with E-state index in [2.05, 4.69) is 15.3 Å². The van der Waals surface area contributed by atoms with Crippen LogP contribution in [0.3, 0.4) is 0 Å². The van der Waals surface area contributed by atoms with Crippen molar-refractivity contribution in [1.29, 1.82) is 0 Å². The summed E-state index contributed by atoms with van der Waals surface area (Å²) < 4.78 is 12.5. The predicted molar refractivity (Wildman–Crippen MR) is 101 cm³/mol. The molecule has 0 radical (unpaired) electrons. The highest BCUT2D eigenvalue weighted by atomic mass is 16.7. The molecule has 28 heavy (non-hydrogen) atoms. The van der Waals surface area contributed by atoms with Crippen LogP contribution in [-0.2, 0) is 4.79 Å². The Morgan fingerprint density at radius 3 is 2.71 bits per heavy atom. The largest absolute Gasteiger partial charge is 0.454 e. The summed E-state index contributed by atoms with van der Waals surface area (Å²) in [4.78, 5) is 26.1. The van der Waals surface area contributed by atoms with E-state index in [9.17, 15) is 9.59 Å². The van der Waals surface area contributed by atoms with Gasteiger partial charge < -0.3 is 20.5 Å². The Hall–Kier alpha value is -3.07. The zero-order valence-corrected chi connectivity index (χ0v) is 15.6. The van der Waals surface area contributed by atoms with Crippen molar-refractivity contribution in [3.63, 3.8) is 0 Å². The average Bonchev–Trinajstić information content (AvgIpc) is 3.36.